The monoisotopic (exact) mass is 485 g/mol. The Kier molecular flexibility index (Phi) is 7.61. The van der Waals surface area contributed by atoms with Crippen LogP contribution in [0.4, 0.5) is 4.79 Å². The first-order valence-corrected chi connectivity index (χ1v) is 9.81. The van der Waals surface area contributed by atoms with Crippen LogP contribution < -0.4 is 0 Å². The van der Waals surface area contributed by atoms with Crippen LogP contribution in [0.3, 0.4) is 0 Å². The van der Waals surface area contributed by atoms with E-state index in [1.807, 2.05) is 30.3 Å². The largest absolute Gasteiger partial charge is 0.447 e. The van der Waals surface area contributed by atoms with E-state index in [9.17, 15) is 14.7 Å². The standard InChI is InChI=1S/C19H21Br2NO4/c1-12(16(23)10-17(20)21)8-13(2)18(24)22-15(11-26-19(22)25)9-14-6-4-3-5-7-14/h3-8,10,12,15-16,23H,9,11H2,1-2H3/b13-8+/t12-,15-,16+/m1/s1. The fraction of sp³-hybridized carbons (Fsp3) is 0.368. The lowest BCUT2D eigenvalue weighted by Crippen LogP contribution is -2.40. The van der Waals surface area contributed by atoms with Gasteiger partial charge in [-0.05, 0) is 56.8 Å². The zero-order chi connectivity index (χ0) is 19.3. The minimum Gasteiger partial charge on any atom is -0.447 e. The third-order valence-electron chi connectivity index (χ3n) is 4.18. The van der Waals surface area contributed by atoms with Gasteiger partial charge in [0.25, 0.3) is 5.91 Å². The Morgan fingerprint density at radius 3 is 2.62 bits per heavy atom. The van der Waals surface area contributed by atoms with Gasteiger partial charge >= 0.3 is 6.09 Å². The van der Waals surface area contributed by atoms with Crippen molar-refractivity contribution in [1.29, 1.82) is 0 Å². The molecule has 0 bridgehead atoms. The highest BCUT2D eigenvalue weighted by Crippen LogP contribution is 2.22. The fourth-order valence-corrected chi connectivity index (χ4v) is 3.32. The normalized spacial score (nSPS) is 19.7. The summed E-state index contributed by atoms with van der Waals surface area (Å²) in [6.45, 7) is 3.62. The summed E-state index contributed by atoms with van der Waals surface area (Å²) in [5, 5.41) is 10.1. The molecular formula is C19H21Br2NO4. The molecule has 1 fully saturated rings. The van der Waals surface area contributed by atoms with Gasteiger partial charge < -0.3 is 9.84 Å². The molecule has 0 spiro atoms. The number of hydrogen-bond acceptors (Lipinski definition) is 4. The number of nitrogens with zero attached hydrogens (tertiary/aromatic N) is 1. The van der Waals surface area contributed by atoms with Gasteiger partial charge in [0.15, 0.2) is 0 Å². The molecule has 0 aromatic heterocycles. The van der Waals surface area contributed by atoms with Crippen LogP contribution in [0, 0.1) is 5.92 Å². The summed E-state index contributed by atoms with van der Waals surface area (Å²) in [5.41, 5.74) is 1.43. The van der Waals surface area contributed by atoms with Crippen LogP contribution in [-0.4, -0.2) is 40.8 Å². The maximum Gasteiger partial charge on any atom is 0.417 e. The van der Waals surface area contributed by atoms with E-state index in [1.165, 1.54) is 4.90 Å². The molecule has 0 radical (unpaired) electrons. The number of rotatable bonds is 6. The molecule has 2 amide bonds. The van der Waals surface area contributed by atoms with Gasteiger partial charge in [-0.25, -0.2) is 9.69 Å². The average Bonchev–Trinajstić information content (AvgIpc) is 2.94. The van der Waals surface area contributed by atoms with Crippen LogP contribution >= 0.6 is 31.9 Å². The fourth-order valence-electron chi connectivity index (χ4n) is 2.78. The van der Waals surface area contributed by atoms with E-state index in [-0.39, 0.29) is 18.6 Å². The van der Waals surface area contributed by atoms with Crippen LogP contribution in [0.1, 0.15) is 19.4 Å². The molecule has 1 N–H and O–H groups in total. The van der Waals surface area contributed by atoms with Crippen LogP contribution in [0.25, 0.3) is 0 Å². The maximum absolute atomic E-state index is 12.8. The predicted octanol–water partition coefficient (Wildman–Crippen LogP) is 4.15. The number of ether oxygens (including phenoxy) is 1. The zero-order valence-electron chi connectivity index (χ0n) is 14.6. The lowest BCUT2D eigenvalue weighted by molar-refractivity contribution is -0.125. The highest BCUT2D eigenvalue weighted by molar-refractivity contribution is 9.28. The van der Waals surface area contributed by atoms with Gasteiger partial charge in [0.1, 0.15) is 6.61 Å². The topological polar surface area (TPSA) is 66.8 Å². The third kappa shape index (κ3) is 5.53. The molecule has 0 aliphatic carbocycles. The average molecular weight is 487 g/mol. The smallest absolute Gasteiger partial charge is 0.417 e. The SMILES string of the molecule is C/C(=C\[C@@H](C)[C@@H](O)C=C(Br)Br)C(=O)N1C(=O)OC[C@H]1Cc1ccccc1. The van der Waals surface area contributed by atoms with Crippen molar-refractivity contribution in [3.05, 3.63) is 57.0 Å². The highest BCUT2D eigenvalue weighted by Gasteiger charge is 2.38. The first kappa shape index (κ1) is 20.9. The van der Waals surface area contributed by atoms with Crippen molar-refractivity contribution < 1.29 is 19.4 Å². The van der Waals surface area contributed by atoms with Gasteiger partial charge in [-0.3, -0.25) is 4.79 Å². The highest BCUT2D eigenvalue weighted by atomic mass is 79.9. The summed E-state index contributed by atoms with van der Waals surface area (Å²) in [4.78, 5) is 26.0. The quantitative estimate of drug-likeness (QED) is 0.613. The van der Waals surface area contributed by atoms with Crippen LogP contribution in [0.15, 0.2) is 51.4 Å². The summed E-state index contributed by atoms with van der Waals surface area (Å²) < 4.78 is 5.73. The van der Waals surface area contributed by atoms with Gasteiger partial charge in [0.05, 0.1) is 15.5 Å². The molecule has 1 aromatic carbocycles. The minimum absolute atomic E-state index is 0.185. The van der Waals surface area contributed by atoms with Crippen LogP contribution in [-0.2, 0) is 16.0 Å². The molecule has 140 valence electrons. The van der Waals surface area contributed by atoms with E-state index in [2.05, 4.69) is 31.9 Å². The number of carbonyl (C=O) groups is 2. The van der Waals surface area contributed by atoms with Crippen molar-refractivity contribution in [3.63, 3.8) is 0 Å². The summed E-state index contributed by atoms with van der Waals surface area (Å²) in [5.74, 6) is -0.690. The number of cyclic esters (lactones) is 1. The second kappa shape index (κ2) is 9.48. The zero-order valence-corrected chi connectivity index (χ0v) is 17.7. The number of benzene rings is 1. The van der Waals surface area contributed by atoms with Gasteiger partial charge in [-0.2, -0.15) is 0 Å². The molecule has 1 saturated heterocycles. The molecule has 1 aliphatic heterocycles. The Balaban J connectivity index is 2.13. The van der Waals surface area contributed by atoms with Gasteiger partial charge in [-0.15, -0.1) is 0 Å². The molecule has 5 nitrogen and oxygen atoms in total. The van der Waals surface area contributed by atoms with E-state index < -0.39 is 18.1 Å². The van der Waals surface area contributed by atoms with Crippen LogP contribution in [0.2, 0.25) is 0 Å². The summed E-state index contributed by atoms with van der Waals surface area (Å²) in [6, 6.07) is 9.33. The second-order valence-electron chi connectivity index (χ2n) is 6.25. The molecule has 1 aromatic rings. The van der Waals surface area contributed by atoms with Crippen molar-refractivity contribution in [2.45, 2.75) is 32.4 Å². The van der Waals surface area contributed by atoms with Crippen molar-refractivity contribution in [3.8, 4) is 0 Å². The molecule has 0 unspecified atom stereocenters. The predicted molar refractivity (Wildman–Crippen MR) is 107 cm³/mol. The van der Waals surface area contributed by atoms with E-state index in [0.29, 0.717) is 15.4 Å². The third-order valence-corrected chi connectivity index (χ3v) is 4.71. The van der Waals surface area contributed by atoms with E-state index in [4.69, 9.17) is 4.74 Å². The lowest BCUT2D eigenvalue weighted by atomic mass is 10.0. The second-order valence-corrected chi connectivity index (χ2v) is 9.02. The summed E-state index contributed by atoms with van der Waals surface area (Å²) in [6.07, 6.45) is 2.40. The Morgan fingerprint density at radius 1 is 1.35 bits per heavy atom. The molecule has 0 saturated carbocycles. The van der Waals surface area contributed by atoms with Gasteiger partial charge in [0.2, 0.25) is 0 Å². The number of amides is 2. The molecule has 26 heavy (non-hydrogen) atoms. The van der Waals surface area contributed by atoms with Gasteiger partial charge in [0, 0.05) is 11.5 Å². The van der Waals surface area contributed by atoms with E-state index in [1.54, 1.807) is 26.0 Å². The van der Waals surface area contributed by atoms with Crippen molar-refractivity contribution >= 4 is 43.9 Å². The number of hydrogen-bond donors (Lipinski definition) is 1. The lowest BCUT2D eigenvalue weighted by Gasteiger charge is -2.21. The number of aliphatic hydroxyl groups is 1. The minimum atomic E-state index is -0.767. The maximum atomic E-state index is 12.8. The number of imide groups is 1. The Hall–Kier alpha value is -1.44. The van der Waals surface area contributed by atoms with E-state index in [0.717, 1.165) is 5.56 Å². The number of halogens is 2. The molecule has 1 aliphatic rings. The Bertz CT molecular complexity index is 714. The molecule has 3 atom stereocenters. The molecule has 7 heteroatoms. The molecular weight excluding hydrogens is 466 g/mol. The van der Waals surface area contributed by atoms with Crippen molar-refractivity contribution in [2.24, 2.45) is 5.92 Å². The Morgan fingerprint density at radius 2 is 2.00 bits per heavy atom. The van der Waals surface area contributed by atoms with E-state index >= 15 is 0 Å². The first-order chi connectivity index (χ1) is 12.3. The summed E-state index contributed by atoms with van der Waals surface area (Å²) in [7, 11) is 0. The first-order valence-electron chi connectivity index (χ1n) is 8.23. The summed E-state index contributed by atoms with van der Waals surface area (Å²) >= 11 is 6.40. The molecule has 1 heterocycles. The van der Waals surface area contributed by atoms with Crippen molar-refractivity contribution in [2.75, 3.05) is 6.61 Å². The van der Waals surface area contributed by atoms with Crippen LogP contribution in [0.5, 0.6) is 0 Å². The van der Waals surface area contributed by atoms with Gasteiger partial charge in [-0.1, -0.05) is 43.3 Å². The number of carbonyl (C=O) groups excluding carboxylic acids is 2. The molecule has 2 rings (SSSR count). The Labute approximate surface area is 170 Å². The van der Waals surface area contributed by atoms with Crippen molar-refractivity contribution in [1.82, 2.24) is 4.90 Å². The number of aliphatic hydroxyl groups excluding tert-OH is 1.